The van der Waals surface area contributed by atoms with E-state index in [1.165, 1.54) is 0 Å². The van der Waals surface area contributed by atoms with E-state index in [0.717, 1.165) is 30.4 Å². The summed E-state index contributed by atoms with van der Waals surface area (Å²) in [5, 5.41) is 12.6. The maximum absolute atomic E-state index is 12.3. The lowest BCUT2D eigenvalue weighted by Crippen LogP contribution is -2.39. The van der Waals surface area contributed by atoms with Crippen LogP contribution in [0.3, 0.4) is 0 Å². The number of nitrogens with zero attached hydrogens (tertiary/aromatic N) is 1. The van der Waals surface area contributed by atoms with Crippen LogP contribution >= 0.6 is 0 Å². The molecule has 3 rings (SSSR count). The van der Waals surface area contributed by atoms with Gasteiger partial charge in [-0.05, 0) is 43.7 Å². The van der Waals surface area contributed by atoms with E-state index in [1.54, 1.807) is 0 Å². The summed E-state index contributed by atoms with van der Waals surface area (Å²) in [6.45, 7) is 6.56. The molecule has 0 radical (unpaired) electrons. The Balaban J connectivity index is 1.44. The molecule has 2 atom stereocenters. The van der Waals surface area contributed by atoms with E-state index in [1.807, 2.05) is 43.0 Å². The van der Waals surface area contributed by atoms with Gasteiger partial charge in [-0.1, -0.05) is 30.7 Å². The number of hydrogen-bond donors (Lipinski definition) is 2. The van der Waals surface area contributed by atoms with Crippen LogP contribution in [0.25, 0.3) is 0 Å². The number of nitrogens with one attached hydrogen (secondary N) is 1. The third-order valence-corrected chi connectivity index (χ3v) is 5.83. The Morgan fingerprint density at radius 1 is 1.30 bits per heavy atom. The number of amides is 1. The lowest BCUT2D eigenvalue weighted by Gasteiger charge is -2.23. The molecule has 1 saturated heterocycles. The number of rotatable bonds is 8. The molecule has 148 valence electrons. The molecule has 1 heterocycles. The van der Waals surface area contributed by atoms with E-state index < -0.39 is 11.4 Å². The zero-order valence-corrected chi connectivity index (χ0v) is 16.2. The molecule has 0 spiro atoms. The van der Waals surface area contributed by atoms with Crippen LogP contribution in [0.1, 0.15) is 44.2 Å². The van der Waals surface area contributed by atoms with Crippen molar-refractivity contribution in [1.82, 2.24) is 10.2 Å². The topological polar surface area (TPSA) is 78.9 Å². The lowest BCUT2D eigenvalue weighted by molar-refractivity contribution is -0.149. The Kier molecular flexibility index (Phi) is 6.17. The van der Waals surface area contributed by atoms with Crippen molar-refractivity contribution >= 4 is 11.9 Å². The molecule has 6 heteroatoms. The average Bonchev–Trinajstić information content (AvgIpc) is 3.17. The highest BCUT2D eigenvalue weighted by Crippen LogP contribution is 2.48. The zero-order chi connectivity index (χ0) is 19.4. The molecule has 0 unspecified atom stereocenters. The molecule has 0 bridgehead atoms. The van der Waals surface area contributed by atoms with Gasteiger partial charge in [-0.3, -0.25) is 14.5 Å². The first-order valence-electron chi connectivity index (χ1n) is 9.81. The quantitative estimate of drug-likeness (QED) is 0.731. The number of hydrogen-bond acceptors (Lipinski definition) is 4. The smallest absolute Gasteiger partial charge is 0.311 e. The molecule has 2 N–H and O–H groups in total. The van der Waals surface area contributed by atoms with Gasteiger partial charge in [0.2, 0.25) is 5.91 Å². The summed E-state index contributed by atoms with van der Waals surface area (Å²) in [5.74, 6) is -0.569. The molecular weight excluding hydrogens is 344 g/mol. The van der Waals surface area contributed by atoms with E-state index in [4.69, 9.17) is 4.74 Å². The predicted molar refractivity (Wildman–Crippen MR) is 102 cm³/mol. The van der Waals surface area contributed by atoms with E-state index in [-0.39, 0.29) is 24.5 Å². The summed E-state index contributed by atoms with van der Waals surface area (Å²) in [5.41, 5.74) is 1.52. The molecule has 1 aliphatic carbocycles. The fourth-order valence-corrected chi connectivity index (χ4v) is 4.34. The number of fused-ring (bicyclic) bond motifs is 1. The Labute approximate surface area is 160 Å². The van der Waals surface area contributed by atoms with Crippen LogP contribution < -0.4 is 5.32 Å². The van der Waals surface area contributed by atoms with Crippen LogP contribution in [0.5, 0.6) is 0 Å². The minimum absolute atomic E-state index is 0.0530. The average molecular weight is 374 g/mol. The maximum Gasteiger partial charge on any atom is 0.311 e. The molecule has 0 aromatic heterocycles. The van der Waals surface area contributed by atoms with E-state index >= 15 is 0 Å². The first kappa shape index (κ1) is 19.8. The largest absolute Gasteiger partial charge is 0.481 e. The minimum atomic E-state index is -0.700. The van der Waals surface area contributed by atoms with E-state index in [0.29, 0.717) is 26.2 Å². The third-order valence-electron chi connectivity index (χ3n) is 5.83. The predicted octanol–water partition coefficient (Wildman–Crippen LogP) is 2.41. The molecule has 1 saturated carbocycles. The van der Waals surface area contributed by atoms with Crippen molar-refractivity contribution in [2.24, 2.45) is 11.3 Å². The minimum Gasteiger partial charge on any atom is -0.481 e. The standard InChI is InChI=1S/C21H30N2O4/c1-15(2)27-13-17-7-5-16(6-8-17)10-22-19(24)12-23-11-18-4-3-9-21(18,14-23)20(25)26/h5-8,15,18H,3-4,9-14H2,1-2H3,(H,22,24)(H,25,26)/t18-,21+/m0/s1. The third kappa shape index (κ3) is 4.68. The Morgan fingerprint density at radius 3 is 2.63 bits per heavy atom. The second-order valence-electron chi connectivity index (χ2n) is 8.17. The van der Waals surface area contributed by atoms with Crippen LogP contribution in [0.2, 0.25) is 0 Å². The van der Waals surface area contributed by atoms with Crippen molar-refractivity contribution in [1.29, 1.82) is 0 Å². The monoisotopic (exact) mass is 374 g/mol. The van der Waals surface area contributed by atoms with Gasteiger partial charge in [-0.2, -0.15) is 0 Å². The lowest BCUT2D eigenvalue weighted by atomic mass is 9.81. The number of ether oxygens (including phenoxy) is 1. The highest BCUT2D eigenvalue weighted by atomic mass is 16.5. The second-order valence-corrected chi connectivity index (χ2v) is 8.17. The Bertz CT molecular complexity index is 673. The summed E-state index contributed by atoms with van der Waals surface area (Å²) in [7, 11) is 0. The van der Waals surface area contributed by atoms with Crippen LogP contribution in [0.4, 0.5) is 0 Å². The van der Waals surface area contributed by atoms with Gasteiger partial charge in [0.15, 0.2) is 0 Å². The van der Waals surface area contributed by atoms with Crippen LogP contribution in [-0.4, -0.2) is 47.6 Å². The van der Waals surface area contributed by atoms with Crippen LogP contribution in [0.15, 0.2) is 24.3 Å². The number of carboxylic acids is 1. The molecule has 1 aromatic carbocycles. The van der Waals surface area contributed by atoms with Gasteiger partial charge in [0.25, 0.3) is 0 Å². The SMILES string of the molecule is CC(C)OCc1ccc(CNC(=O)CN2C[C@@H]3CCC[C@@]3(C(=O)O)C2)cc1. The molecule has 1 aliphatic heterocycles. The first-order valence-corrected chi connectivity index (χ1v) is 9.81. The zero-order valence-electron chi connectivity index (χ0n) is 16.2. The van der Waals surface area contributed by atoms with Crippen LogP contribution in [0, 0.1) is 11.3 Å². The van der Waals surface area contributed by atoms with Gasteiger partial charge in [0.05, 0.1) is 24.7 Å². The van der Waals surface area contributed by atoms with Crippen molar-refractivity contribution in [3.8, 4) is 0 Å². The molecule has 1 amide bonds. The first-order chi connectivity index (χ1) is 12.9. The summed E-state index contributed by atoms with van der Waals surface area (Å²) < 4.78 is 5.58. The maximum atomic E-state index is 12.3. The Morgan fingerprint density at radius 2 is 2.00 bits per heavy atom. The van der Waals surface area contributed by atoms with Crippen molar-refractivity contribution in [2.45, 2.75) is 52.4 Å². The van der Waals surface area contributed by atoms with Gasteiger partial charge in [-0.15, -0.1) is 0 Å². The van der Waals surface area contributed by atoms with Gasteiger partial charge >= 0.3 is 5.97 Å². The number of carboxylic acid groups (broad SMARTS) is 1. The molecular formula is C21H30N2O4. The van der Waals surface area contributed by atoms with Gasteiger partial charge in [0.1, 0.15) is 0 Å². The second kappa shape index (κ2) is 8.40. The molecule has 2 fully saturated rings. The molecule has 27 heavy (non-hydrogen) atoms. The number of carbonyl (C=O) groups is 2. The summed E-state index contributed by atoms with van der Waals surface area (Å²) in [4.78, 5) is 26.0. The molecule has 1 aromatic rings. The van der Waals surface area contributed by atoms with Gasteiger partial charge in [0, 0.05) is 19.6 Å². The molecule has 6 nitrogen and oxygen atoms in total. The fraction of sp³-hybridized carbons (Fsp3) is 0.619. The number of carbonyl (C=O) groups excluding carboxylic acids is 1. The summed E-state index contributed by atoms with van der Waals surface area (Å²) in [6.07, 6.45) is 2.87. The number of likely N-dealkylation sites (tertiary alicyclic amines) is 1. The molecule has 2 aliphatic rings. The van der Waals surface area contributed by atoms with Crippen LogP contribution in [-0.2, 0) is 27.5 Å². The van der Waals surface area contributed by atoms with Crippen molar-refractivity contribution in [3.63, 3.8) is 0 Å². The summed E-state index contributed by atoms with van der Waals surface area (Å²) >= 11 is 0. The van der Waals surface area contributed by atoms with Crippen molar-refractivity contribution in [2.75, 3.05) is 19.6 Å². The summed E-state index contributed by atoms with van der Waals surface area (Å²) in [6, 6.07) is 8.03. The van der Waals surface area contributed by atoms with Crippen molar-refractivity contribution in [3.05, 3.63) is 35.4 Å². The van der Waals surface area contributed by atoms with Gasteiger partial charge < -0.3 is 15.2 Å². The highest BCUT2D eigenvalue weighted by Gasteiger charge is 2.54. The highest BCUT2D eigenvalue weighted by molar-refractivity contribution is 5.79. The number of aliphatic carboxylic acids is 1. The van der Waals surface area contributed by atoms with E-state index in [9.17, 15) is 14.7 Å². The van der Waals surface area contributed by atoms with Gasteiger partial charge in [-0.25, -0.2) is 0 Å². The van der Waals surface area contributed by atoms with E-state index in [2.05, 4.69) is 5.32 Å². The van der Waals surface area contributed by atoms with Crippen molar-refractivity contribution < 1.29 is 19.4 Å². The normalized spacial score (nSPS) is 24.9. The Hall–Kier alpha value is -1.92. The number of benzene rings is 1. The fourth-order valence-electron chi connectivity index (χ4n) is 4.34.